The van der Waals surface area contributed by atoms with E-state index in [0.717, 1.165) is 25.9 Å². The van der Waals surface area contributed by atoms with Crippen molar-refractivity contribution in [3.63, 3.8) is 0 Å². The van der Waals surface area contributed by atoms with Crippen molar-refractivity contribution in [2.45, 2.75) is 97.6 Å². The second-order valence-corrected chi connectivity index (χ2v) is 9.69. The van der Waals surface area contributed by atoms with E-state index in [9.17, 15) is 4.79 Å². The summed E-state index contributed by atoms with van der Waals surface area (Å²) in [5.74, 6) is 0.399. The second kappa shape index (κ2) is 6.74. The number of hydrogen-bond acceptors (Lipinski definition) is 2. The highest BCUT2D eigenvalue weighted by molar-refractivity contribution is 5.79. The predicted octanol–water partition coefficient (Wildman–Crippen LogP) is 4.36. The van der Waals surface area contributed by atoms with Crippen molar-refractivity contribution >= 4 is 5.91 Å². The fourth-order valence-electron chi connectivity index (χ4n) is 4.78. The Kier molecular flexibility index (Phi) is 5.50. The third kappa shape index (κ3) is 4.49. The van der Waals surface area contributed by atoms with E-state index in [-0.39, 0.29) is 28.3 Å². The van der Waals surface area contributed by atoms with Crippen molar-refractivity contribution in [2.24, 2.45) is 11.3 Å². The van der Waals surface area contributed by atoms with E-state index in [0.29, 0.717) is 0 Å². The second-order valence-electron chi connectivity index (χ2n) is 9.69. The lowest BCUT2D eigenvalue weighted by Gasteiger charge is -2.58. The molecule has 2 saturated heterocycles. The summed E-state index contributed by atoms with van der Waals surface area (Å²) >= 11 is 0. The Morgan fingerprint density at radius 3 is 2.48 bits per heavy atom. The SMILES string of the molecule is CCCCCCC(C)(C)N1CC2(C1)CC(C)(C)CC(C)C(=O)N2. The number of hydrogen-bond donors (Lipinski definition) is 1. The van der Waals surface area contributed by atoms with E-state index >= 15 is 0 Å². The lowest BCUT2D eigenvalue weighted by Crippen LogP contribution is -2.74. The van der Waals surface area contributed by atoms with Crippen molar-refractivity contribution in [1.82, 2.24) is 10.2 Å². The fourth-order valence-corrected chi connectivity index (χ4v) is 4.78. The first-order chi connectivity index (χ1) is 10.6. The molecule has 2 heterocycles. The summed E-state index contributed by atoms with van der Waals surface area (Å²) in [4.78, 5) is 15.0. The van der Waals surface area contributed by atoms with Crippen LogP contribution >= 0.6 is 0 Å². The molecular formula is C20H38N2O. The Hall–Kier alpha value is -0.570. The van der Waals surface area contributed by atoms with Gasteiger partial charge in [0.05, 0.1) is 5.54 Å². The van der Waals surface area contributed by atoms with Gasteiger partial charge in [-0.2, -0.15) is 0 Å². The Morgan fingerprint density at radius 1 is 1.22 bits per heavy atom. The van der Waals surface area contributed by atoms with Gasteiger partial charge in [-0.25, -0.2) is 0 Å². The number of nitrogens with zero attached hydrogens (tertiary/aromatic N) is 1. The van der Waals surface area contributed by atoms with Crippen LogP contribution in [0.3, 0.4) is 0 Å². The normalized spacial score (nSPS) is 27.4. The first-order valence-electron chi connectivity index (χ1n) is 9.66. The van der Waals surface area contributed by atoms with Gasteiger partial charge in [0.2, 0.25) is 5.91 Å². The monoisotopic (exact) mass is 322 g/mol. The number of amides is 1. The maximum Gasteiger partial charge on any atom is 0.223 e. The molecule has 2 aliphatic heterocycles. The van der Waals surface area contributed by atoms with Crippen LogP contribution in [0.15, 0.2) is 0 Å². The zero-order valence-corrected chi connectivity index (χ0v) is 16.3. The van der Waals surface area contributed by atoms with E-state index in [4.69, 9.17) is 0 Å². The lowest BCUT2D eigenvalue weighted by molar-refractivity contribution is -0.130. The van der Waals surface area contributed by atoms with Gasteiger partial charge in [-0.1, -0.05) is 53.4 Å². The minimum Gasteiger partial charge on any atom is -0.348 e. The maximum atomic E-state index is 12.4. The first-order valence-corrected chi connectivity index (χ1v) is 9.66. The minimum atomic E-state index is 0.0199. The molecule has 2 fully saturated rings. The molecule has 0 aliphatic carbocycles. The van der Waals surface area contributed by atoms with E-state index < -0.39 is 0 Å². The van der Waals surface area contributed by atoms with Crippen LogP contribution in [-0.4, -0.2) is 35.0 Å². The summed E-state index contributed by atoms with van der Waals surface area (Å²) in [6, 6.07) is 0. The van der Waals surface area contributed by atoms with Gasteiger partial charge in [-0.15, -0.1) is 0 Å². The highest BCUT2D eigenvalue weighted by atomic mass is 16.2. The number of likely N-dealkylation sites (tertiary alicyclic amines) is 1. The molecule has 23 heavy (non-hydrogen) atoms. The van der Waals surface area contributed by atoms with Gasteiger partial charge >= 0.3 is 0 Å². The predicted molar refractivity (Wildman–Crippen MR) is 97.5 cm³/mol. The number of unbranched alkanes of at least 4 members (excludes halogenated alkanes) is 3. The van der Waals surface area contributed by atoms with E-state index in [1.54, 1.807) is 0 Å². The van der Waals surface area contributed by atoms with Crippen LogP contribution in [-0.2, 0) is 4.79 Å². The molecule has 1 amide bonds. The molecule has 1 unspecified atom stereocenters. The quantitative estimate of drug-likeness (QED) is 0.737. The molecule has 3 heteroatoms. The van der Waals surface area contributed by atoms with Crippen molar-refractivity contribution < 1.29 is 4.79 Å². The number of rotatable bonds is 6. The third-order valence-corrected chi connectivity index (χ3v) is 6.00. The Labute approximate surface area is 143 Å². The van der Waals surface area contributed by atoms with Crippen LogP contribution in [0, 0.1) is 11.3 Å². The molecule has 0 radical (unpaired) electrons. The molecule has 1 spiro atoms. The molecule has 0 bridgehead atoms. The molecule has 134 valence electrons. The van der Waals surface area contributed by atoms with Crippen LogP contribution in [0.5, 0.6) is 0 Å². The summed E-state index contributed by atoms with van der Waals surface area (Å²) in [5.41, 5.74) is 0.522. The van der Waals surface area contributed by atoms with Crippen LogP contribution in [0.4, 0.5) is 0 Å². The van der Waals surface area contributed by atoms with Gasteiger partial charge in [0.15, 0.2) is 0 Å². The summed E-state index contributed by atoms with van der Waals surface area (Å²) in [6.45, 7) is 15.8. The van der Waals surface area contributed by atoms with E-state index in [2.05, 4.69) is 51.8 Å². The largest absolute Gasteiger partial charge is 0.348 e. The molecule has 2 rings (SSSR count). The standard InChI is InChI=1S/C20H38N2O/c1-7-8-9-10-11-19(5,6)22-14-20(15-22)13-18(3,4)12-16(2)17(23)21-20/h16H,7-15H2,1-6H3,(H,21,23). The fraction of sp³-hybridized carbons (Fsp3) is 0.950. The van der Waals surface area contributed by atoms with Gasteiger partial charge in [-0.05, 0) is 38.5 Å². The molecule has 1 N–H and O–H groups in total. The van der Waals surface area contributed by atoms with Crippen LogP contribution in [0.2, 0.25) is 0 Å². The molecule has 0 saturated carbocycles. The van der Waals surface area contributed by atoms with Gasteiger partial charge in [0.25, 0.3) is 0 Å². The topological polar surface area (TPSA) is 32.3 Å². The number of carbonyl (C=O) groups is 1. The Morgan fingerprint density at radius 2 is 1.87 bits per heavy atom. The van der Waals surface area contributed by atoms with E-state index in [1.807, 2.05) is 0 Å². The maximum absolute atomic E-state index is 12.4. The molecule has 0 aromatic carbocycles. The van der Waals surface area contributed by atoms with Gasteiger partial charge in [0, 0.05) is 24.5 Å². The zero-order valence-electron chi connectivity index (χ0n) is 16.3. The first kappa shape index (κ1) is 18.8. The van der Waals surface area contributed by atoms with Crippen molar-refractivity contribution in [3.05, 3.63) is 0 Å². The average molecular weight is 323 g/mol. The number of carbonyl (C=O) groups excluding carboxylic acids is 1. The van der Waals surface area contributed by atoms with Gasteiger partial charge in [0.1, 0.15) is 0 Å². The molecule has 3 nitrogen and oxygen atoms in total. The molecule has 2 aliphatic rings. The van der Waals surface area contributed by atoms with Gasteiger partial charge < -0.3 is 5.32 Å². The van der Waals surface area contributed by atoms with E-state index in [1.165, 1.54) is 32.1 Å². The van der Waals surface area contributed by atoms with Crippen LogP contribution in [0.1, 0.15) is 86.5 Å². The Balaban J connectivity index is 1.94. The molecular weight excluding hydrogens is 284 g/mol. The smallest absolute Gasteiger partial charge is 0.223 e. The van der Waals surface area contributed by atoms with Crippen LogP contribution in [0.25, 0.3) is 0 Å². The van der Waals surface area contributed by atoms with Gasteiger partial charge in [-0.3, -0.25) is 9.69 Å². The average Bonchev–Trinajstić information content (AvgIpc) is 2.47. The molecule has 0 aromatic rings. The van der Waals surface area contributed by atoms with Crippen LogP contribution < -0.4 is 5.32 Å². The number of nitrogens with one attached hydrogen (secondary N) is 1. The zero-order chi connectivity index (χ0) is 17.3. The Bertz CT molecular complexity index is 421. The summed E-state index contributed by atoms with van der Waals surface area (Å²) in [6.07, 6.45) is 8.68. The lowest BCUT2D eigenvalue weighted by atomic mass is 9.71. The minimum absolute atomic E-state index is 0.0199. The molecule has 0 aromatic heterocycles. The van der Waals surface area contributed by atoms with Crippen molar-refractivity contribution in [2.75, 3.05) is 13.1 Å². The summed E-state index contributed by atoms with van der Waals surface area (Å²) < 4.78 is 0. The summed E-state index contributed by atoms with van der Waals surface area (Å²) in [7, 11) is 0. The van der Waals surface area contributed by atoms with Crippen molar-refractivity contribution in [1.29, 1.82) is 0 Å². The van der Waals surface area contributed by atoms with Crippen molar-refractivity contribution in [3.8, 4) is 0 Å². The molecule has 1 atom stereocenters. The highest BCUT2D eigenvalue weighted by Gasteiger charge is 2.52. The third-order valence-electron chi connectivity index (χ3n) is 6.00. The summed E-state index contributed by atoms with van der Waals surface area (Å²) in [5, 5.41) is 3.39. The highest BCUT2D eigenvalue weighted by Crippen LogP contribution is 2.43.